The summed E-state index contributed by atoms with van der Waals surface area (Å²) in [4.78, 5) is 9.80. The van der Waals surface area contributed by atoms with Gasteiger partial charge in [0.25, 0.3) is 0 Å². The van der Waals surface area contributed by atoms with Gasteiger partial charge in [0.2, 0.25) is 0 Å². The van der Waals surface area contributed by atoms with Crippen LogP contribution in [0.2, 0.25) is 0 Å². The minimum atomic E-state index is 0.0210. The molecule has 0 amide bonds. The Morgan fingerprint density at radius 3 is 2.96 bits per heavy atom. The molecule has 1 atom stereocenters. The van der Waals surface area contributed by atoms with Crippen molar-refractivity contribution in [1.29, 1.82) is 0 Å². The molecular weight excluding hydrogens is 340 g/mol. The van der Waals surface area contributed by atoms with E-state index in [1.54, 1.807) is 11.3 Å². The van der Waals surface area contributed by atoms with Gasteiger partial charge < -0.3 is 9.47 Å². The van der Waals surface area contributed by atoms with Gasteiger partial charge in [-0.25, -0.2) is 4.98 Å². The highest BCUT2D eigenvalue weighted by molar-refractivity contribution is 7.11. The molecule has 0 aromatic carbocycles. The molecule has 0 radical (unpaired) electrons. The van der Waals surface area contributed by atoms with E-state index in [1.165, 1.54) is 9.75 Å². The van der Waals surface area contributed by atoms with Crippen LogP contribution in [0.15, 0.2) is 17.5 Å². The SMILES string of the molecule is Cc1ccc(CN2CC3(C[C@H](OCc4csc(C)n4)CCO3)C2)s1. The summed E-state index contributed by atoms with van der Waals surface area (Å²) in [7, 11) is 0. The summed E-state index contributed by atoms with van der Waals surface area (Å²) < 4.78 is 12.2. The van der Waals surface area contributed by atoms with E-state index in [2.05, 4.69) is 34.3 Å². The fourth-order valence-electron chi connectivity index (χ4n) is 3.69. The molecule has 2 fully saturated rings. The summed E-state index contributed by atoms with van der Waals surface area (Å²) in [6, 6.07) is 4.45. The van der Waals surface area contributed by atoms with Crippen LogP contribution >= 0.6 is 22.7 Å². The maximum atomic E-state index is 6.13. The van der Waals surface area contributed by atoms with Crippen molar-refractivity contribution in [1.82, 2.24) is 9.88 Å². The molecule has 2 aromatic heterocycles. The second-order valence-corrected chi connectivity index (χ2v) is 9.41. The van der Waals surface area contributed by atoms with Crippen LogP contribution in [-0.4, -0.2) is 41.3 Å². The van der Waals surface area contributed by atoms with Crippen LogP contribution in [0.5, 0.6) is 0 Å². The minimum Gasteiger partial charge on any atom is -0.372 e. The number of ether oxygens (including phenoxy) is 2. The van der Waals surface area contributed by atoms with E-state index >= 15 is 0 Å². The van der Waals surface area contributed by atoms with Gasteiger partial charge in [-0.05, 0) is 32.4 Å². The molecule has 2 saturated heterocycles. The van der Waals surface area contributed by atoms with E-state index in [-0.39, 0.29) is 5.60 Å². The predicted octanol–water partition coefficient (Wildman–Crippen LogP) is 3.77. The Balaban J connectivity index is 1.26. The van der Waals surface area contributed by atoms with Gasteiger partial charge in [0.05, 0.1) is 29.0 Å². The van der Waals surface area contributed by atoms with E-state index in [0.717, 1.165) is 49.8 Å². The highest BCUT2D eigenvalue weighted by Gasteiger charge is 2.47. The van der Waals surface area contributed by atoms with Crippen LogP contribution in [0.3, 0.4) is 0 Å². The Hall–Kier alpha value is -0.790. The van der Waals surface area contributed by atoms with Crippen molar-refractivity contribution in [3.63, 3.8) is 0 Å². The predicted molar refractivity (Wildman–Crippen MR) is 97.7 cm³/mol. The summed E-state index contributed by atoms with van der Waals surface area (Å²) in [5.74, 6) is 0. The molecular formula is C18H24N2O2S2. The van der Waals surface area contributed by atoms with Crippen LogP contribution < -0.4 is 0 Å². The third kappa shape index (κ3) is 3.73. The number of hydrogen-bond acceptors (Lipinski definition) is 6. The molecule has 0 saturated carbocycles. The number of rotatable bonds is 5. The van der Waals surface area contributed by atoms with Crippen molar-refractivity contribution in [2.75, 3.05) is 19.7 Å². The average molecular weight is 365 g/mol. The number of likely N-dealkylation sites (tertiary alicyclic amines) is 1. The largest absolute Gasteiger partial charge is 0.372 e. The highest BCUT2D eigenvalue weighted by Crippen LogP contribution is 2.36. The van der Waals surface area contributed by atoms with Gasteiger partial charge in [0.1, 0.15) is 0 Å². The second-order valence-electron chi connectivity index (χ2n) is 6.97. The number of hydrogen-bond donors (Lipinski definition) is 0. The molecule has 4 rings (SSSR count). The second kappa shape index (κ2) is 6.84. The summed E-state index contributed by atoms with van der Waals surface area (Å²) in [5, 5.41) is 3.20. The molecule has 1 spiro atoms. The molecule has 0 aliphatic carbocycles. The lowest BCUT2D eigenvalue weighted by Gasteiger charge is -2.53. The Bertz CT molecular complexity index is 691. The number of thiophene rings is 1. The van der Waals surface area contributed by atoms with Crippen molar-refractivity contribution < 1.29 is 9.47 Å². The van der Waals surface area contributed by atoms with Gasteiger partial charge in [-0.2, -0.15) is 0 Å². The van der Waals surface area contributed by atoms with Crippen molar-refractivity contribution in [3.8, 4) is 0 Å². The molecule has 0 bridgehead atoms. The maximum Gasteiger partial charge on any atom is 0.0959 e. The normalized spacial score (nSPS) is 23.5. The van der Waals surface area contributed by atoms with Crippen LogP contribution in [-0.2, 0) is 22.6 Å². The molecule has 4 nitrogen and oxygen atoms in total. The summed E-state index contributed by atoms with van der Waals surface area (Å²) in [6.07, 6.45) is 2.30. The van der Waals surface area contributed by atoms with E-state index in [9.17, 15) is 0 Å². The maximum absolute atomic E-state index is 6.13. The quantitative estimate of drug-likeness (QED) is 0.809. The zero-order chi connectivity index (χ0) is 16.6. The zero-order valence-corrected chi connectivity index (χ0v) is 15.9. The summed E-state index contributed by atoms with van der Waals surface area (Å²) in [5.41, 5.74) is 1.08. The van der Waals surface area contributed by atoms with E-state index in [0.29, 0.717) is 12.7 Å². The van der Waals surface area contributed by atoms with E-state index in [1.807, 2.05) is 18.3 Å². The summed E-state index contributed by atoms with van der Waals surface area (Å²) in [6.45, 7) is 8.75. The average Bonchev–Trinajstić information content (AvgIpc) is 3.13. The van der Waals surface area contributed by atoms with Gasteiger partial charge in [-0.3, -0.25) is 4.90 Å². The first-order chi connectivity index (χ1) is 11.6. The first kappa shape index (κ1) is 16.7. The fourth-order valence-corrected chi connectivity index (χ4v) is 5.22. The van der Waals surface area contributed by atoms with E-state index < -0.39 is 0 Å². The van der Waals surface area contributed by atoms with Gasteiger partial charge in [0, 0.05) is 47.8 Å². The van der Waals surface area contributed by atoms with Crippen LogP contribution in [0.1, 0.15) is 33.3 Å². The molecule has 24 heavy (non-hydrogen) atoms. The molecule has 6 heteroatoms. The first-order valence-electron chi connectivity index (χ1n) is 8.54. The standard InChI is InChI=1S/C18H24N2O2S2/c1-13-3-4-17(24-13)8-20-11-18(12-20)7-16(5-6-22-18)21-9-15-10-23-14(2)19-15/h3-4,10,16H,5-9,11-12H2,1-2H3/t16-/m1/s1. The molecule has 2 aliphatic heterocycles. The van der Waals surface area contributed by atoms with Crippen molar-refractivity contribution >= 4 is 22.7 Å². The first-order valence-corrected chi connectivity index (χ1v) is 10.2. The van der Waals surface area contributed by atoms with Crippen LogP contribution in [0.25, 0.3) is 0 Å². The molecule has 2 aliphatic rings. The van der Waals surface area contributed by atoms with Gasteiger partial charge in [-0.15, -0.1) is 22.7 Å². The van der Waals surface area contributed by atoms with Crippen molar-refractivity contribution in [3.05, 3.63) is 38.0 Å². The number of nitrogens with zero attached hydrogens (tertiary/aromatic N) is 2. The van der Waals surface area contributed by atoms with Crippen molar-refractivity contribution in [2.45, 2.75) is 51.5 Å². The number of aryl methyl sites for hydroxylation is 2. The molecule has 4 heterocycles. The third-order valence-electron chi connectivity index (χ3n) is 4.78. The zero-order valence-electron chi connectivity index (χ0n) is 14.3. The Labute approximate surface area is 151 Å². The van der Waals surface area contributed by atoms with Gasteiger partial charge in [-0.1, -0.05) is 0 Å². The van der Waals surface area contributed by atoms with Gasteiger partial charge >= 0.3 is 0 Å². The lowest BCUT2D eigenvalue weighted by molar-refractivity contribution is -0.200. The van der Waals surface area contributed by atoms with Crippen LogP contribution in [0, 0.1) is 13.8 Å². The van der Waals surface area contributed by atoms with Crippen molar-refractivity contribution in [2.24, 2.45) is 0 Å². The highest BCUT2D eigenvalue weighted by atomic mass is 32.1. The van der Waals surface area contributed by atoms with Gasteiger partial charge in [0.15, 0.2) is 0 Å². The lowest BCUT2D eigenvalue weighted by atomic mass is 9.84. The molecule has 0 unspecified atom stereocenters. The smallest absolute Gasteiger partial charge is 0.0959 e. The summed E-state index contributed by atoms with van der Waals surface area (Å²) >= 11 is 3.58. The Morgan fingerprint density at radius 1 is 1.38 bits per heavy atom. The number of thiazole rings is 1. The Kier molecular flexibility index (Phi) is 4.75. The Morgan fingerprint density at radius 2 is 2.25 bits per heavy atom. The fraction of sp³-hybridized carbons (Fsp3) is 0.611. The topological polar surface area (TPSA) is 34.6 Å². The molecule has 2 aromatic rings. The molecule has 130 valence electrons. The number of aromatic nitrogens is 1. The monoisotopic (exact) mass is 364 g/mol. The molecule has 0 N–H and O–H groups in total. The third-order valence-corrected chi connectivity index (χ3v) is 6.59. The van der Waals surface area contributed by atoms with E-state index in [4.69, 9.17) is 9.47 Å². The van der Waals surface area contributed by atoms with Crippen LogP contribution in [0.4, 0.5) is 0 Å². The minimum absolute atomic E-state index is 0.0210. The lowest BCUT2D eigenvalue weighted by Crippen LogP contribution is -2.65.